The summed E-state index contributed by atoms with van der Waals surface area (Å²) in [5, 5.41) is 37.7. The van der Waals surface area contributed by atoms with Crippen LogP contribution in [0.5, 0.6) is 17.2 Å². The van der Waals surface area contributed by atoms with E-state index in [2.05, 4.69) is 144 Å². The van der Waals surface area contributed by atoms with Crippen molar-refractivity contribution >= 4 is 0 Å². The lowest BCUT2D eigenvalue weighted by atomic mass is 9.68. The summed E-state index contributed by atoms with van der Waals surface area (Å²) in [7, 11) is 13.2. The van der Waals surface area contributed by atoms with Gasteiger partial charge in [0.15, 0.2) is 0 Å². The number of piperazine rings is 6. The van der Waals surface area contributed by atoms with Crippen LogP contribution in [0, 0.1) is 0 Å². The predicted molar refractivity (Wildman–Crippen MR) is 287 cm³/mol. The molecular formula is C56H90N12O3. The number of phenolic OH excluding ortho intramolecular Hbond substituents is 3. The number of aromatic hydroxyl groups is 3. The monoisotopic (exact) mass is 979 g/mol. The molecule has 6 fully saturated rings. The van der Waals surface area contributed by atoms with E-state index in [1.165, 1.54) is 0 Å². The van der Waals surface area contributed by atoms with Crippen molar-refractivity contribution < 1.29 is 15.3 Å². The molecule has 0 amide bonds. The fraction of sp³-hybridized carbons (Fsp3) is 0.679. The van der Waals surface area contributed by atoms with Crippen molar-refractivity contribution in [2.45, 2.75) is 51.6 Å². The van der Waals surface area contributed by atoms with E-state index >= 15 is 0 Å². The number of rotatable bonds is 15. The fourth-order valence-corrected chi connectivity index (χ4v) is 11.9. The smallest absolute Gasteiger partial charge is 0.124 e. The van der Waals surface area contributed by atoms with E-state index in [-0.39, 0.29) is 0 Å². The first-order valence-corrected chi connectivity index (χ1v) is 27.2. The minimum atomic E-state index is -0.746. The molecule has 0 radical (unpaired) electrons. The van der Waals surface area contributed by atoms with Gasteiger partial charge in [-0.05, 0) is 102 Å². The zero-order chi connectivity index (χ0) is 49.8. The van der Waals surface area contributed by atoms with Crippen molar-refractivity contribution in [1.29, 1.82) is 0 Å². The summed E-state index contributed by atoms with van der Waals surface area (Å²) in [5.74, 6) is 1.26. The van der Waals surface area contributed by atoms with Crippen LogP contribution in [-0.2, 0) is 44.7 Å². The summed E-state index contributed by atoms with van der Waals surface area (Å²) in [5.41, 5.74) is 8.56. The second kappa shape index (κ2) is 23.4. The van der Waals surface area contributed by atoms with Gasteiger partial charge < -0.3 is 44.7 Å². The van der Waals surface area contributed by atoms with E-state index in [0.717, 1.165) is 207 Å². The van der Waals surface area contributed by atoms with Crippen LogP contribution in [0.15, 0.2) is 36.4 Å². The van der Waals surface area contributed by atoms with E-state index in [4.69, 9.17) is 0 Å². The van der Waals surface area contributed by atoms with E-state index in [1.807, 2.05) is 0 Å². The maximum atomic E-state index is 12.6. The van der Waals surface area contributed by atoms with Crippen molar-refractivity contribution in [3.63, 3.8) is 0 Å². The molecule has 0 aliphatic carbocycles. The Kier molecular flexibility index (Phi) is 17.3. The van der Waals surface area contributed by atoms with E-state index < -0.39 is 5.41 Å². The minimum Gasteiger partial charge on any atom is -0.507 e. The summed E-state index contributed by atoms with van der Waals surface area (Å²) in [4.78, 5) is 29.5. The molecule has 0 saturated carbocycles. The molecule has 3 aromatic rings. The van der Waals surface area contributed by atoms with Crippen LogP contribution in [-0.4, -0.2) is 273 Å². The number of likely N-dealkylation sites (N-methyl/N-ethyl adjacent to an activating group) is 6. The Morgan fingerprint density at radius 3 is 0.563 bits per heavy atom. The first-order chi connectivity index (χ1) is 34.2. The van der Waals surface area contributed by atoms with E-state index in [0.29, 0.717) is 56.5 Å². The van der Waals surface area contributed by atoms with Gasteiger partial charge in [0.2, 0.25) is 0 Å². The van der Waals surface area contributed by atoms with Gasteiger partial charge in [-0.1, -0.05) is 0 Å². The molecule has 0 aromatic heterocycles. The molecule has 71 heavy (non-hydrogen) atoms. The summed E-state index contributed by atoms with van der Waals surface area (Å²) < 4.78 is 0. The first kappa shape index (κ1) is 52.4. The minimum absolute atomic E-state index is 0.420. The second-order valence-corrected chi connectivity index (χ2v) is 23.0. The van der Waals surface area contributed by atoms with Gasteiger partial charge in [0, 0.05) is 235 Å². The molecule has 0 atom stereocenters. The van der Waals surface area contributed by atoms with Crippen molar-refractivity contribution in [3.05, 3.63) is 86.5 Å². The summed E-state index contributed by atoms with van der Waals surface area (Å²) >= 11 is 0. The van der Waals surface area contributed by atoms with Crippen LogP contribution in [0.4, 0.5) is 0 Å². The average Bonchev–Trinajstić information content (AvgIpc) is 3.36. The highest BCUT2D eigenvalue weighted by atomic mass is 16.3. The van der Waals surface area contributed by atoms with E-state index in [1.54, 1.807) is 0 Å². The third kappa shape index (κ3) is 12.9. The molecule has 0 bridgehead atoms. The Balaban J connectivity index is 1.24. The Bertz CT molecular complexity index is 1830. The largest absolute Gasteiger partial charge is 0.507 e. The van der Waals surface area contributed by atoms with Crippen LogP contribution in [0.2, 0.25) is 0 Å². The maximum absolute atomic E-state index is 12.6. The van der Waals surface area contributed by atoms with Gasteiger partial charge in [-0.2, -0.15) is 0 Å². The third-order valence-corrected chi connectivity index (χ3v) is 17.5. The number of nitrogens with zero attached hydrogens (tertiary/aromatic N) is 12. The molecule has 0 unspecified atom stereocenters. The molecule has 0 spiro atoms. The Hall–Kier alpha value is -3.42. The maximum Gasteiger partial charge on any atom is 0.124 e. The van der Waals surface area contributed by atoms with Gasteiger partial charge in [0.1, 0.15) is 17.2 Å². The lowest BCUT2D eigenvalue weighted by Crippen LogP contribution is -2.44. The van der Waals surface area contributed by atoms with Gasteiger partial charge in [0.05, 0.1) is 0 Å². The molecular weight excluding hydrogens is 889 g/mol. The normalized spacial score (nSPS) is 23.0. The van der Waals surface area contributed by atoms with Crippen LogP contribution in [0.1, 0.15) is 57.0 Å². The molecule has 9 rings (SSSR count). The van der Waals surface area contributed by atoms with Crippen LogP contribution < -0.4 is 0 Å². The number of hydrogen-bond donors (Lipinski definition) is 3. The van der Waals surface area contributed by atoms with E-state index in [9.17, 15) is 15.3 Å². The zero-order valence-electron chi connectivity index (χ0n) is 44.9. The Morgan fingerprint density at radius 2 is 0.423 bits per heavy atom. The van der Waals surface area contributed by atoms with Gasteiger partial charge in [0.25, 0.3) is 0 Å². The number of phenols is 3. The highest BCUT2D eigenvalue weighted by Crippen LogP contribution is 2.46. The zero-order valence-corrected chi connectivity index (χ0v) is 44.9. The fourth-order valence-electron chi connectivity index (χ4n) is 11.9. The molecule has 6 aliphatic heterocycles. The van der Waals surface area contributed by atoms with Crippen molar-refractivity contribution in [2.24, 2.45) is 0 Å². The van der Waals surface area contributed by atoms with Gasteiger partial charge in [-0.3, -0.25) is 29.4 Å². The average molecular weight is 979 g/mol. The molecule has 15 nitrogen and oxygen atoms in total. The molecule has 3 N–H and O–H groups in total. The summed E-state index contributed by atoms with van der Waals surface area (Å²) in [6.45, 7) is 30.0. The highest BCUT2D eigenvalue weighted by molar-refractivity contribution is 5.60. The molecule has 6 saturated heterocycles. The number of hydrogen-bond acceptors (Lipinski definition) is 15. The topological polar surface area (TPSA) is 99.6 Å². The quantitative estimate of drug-likeness (QED) is 0.195. The molecule has 392 valence electrons. The molecule has 6 heterocycles. The van der Waals surface area contributed by atoms with Crippen LogP contribution in [0.3, 0.4) is 0 Å². The molecule has 3 aromatic carbocycles. The number of benzene rings is 3. The van der Waals surface area contributed by atoms with Gasteiger partial charge in [-0.15, -0.1) is 0 Å². The molecule has 15 heteroatoms. The standard InChI is InChI=1S/C56H90N12O3/c1-56(50-32-44(38-63-20-8-57(2)9-21-63)53(69)45(33-50)39-64-22-10-58(3)11-23-64,51-34-46(40-65-24-12-59(4)13-25-65)54(70)47(35-51)41-66-26-14-60(5)15-27-66)52-36-48(42-67-28-16-61(6)17-29-67)55(71)49(37-52)43-68-30-18-62(7)19-31-68/h32-37,69-71H,8-31,38-43H2,1-7H3. The Morgan fingerprint density at radius 1 is 0.282 bits per heavy atom. The highest BCUT2D eigenvalue weighted by Gasteiger charge is 2.37. The van der Waals surface area contributed by atoms with Crippen molar-refractivity contribution in [1.82, 2.24) is 58.8 Å². The van der Waals surface area contributed by atoms with Crippen molar-refractivity contribution in [2.75, 3.05) is 199 Å². The molecule has 6 aliphatic rings. The second-order valence-electron chi connectivity index (χ2n) is 23.0. The SMILES string of the molecule is CN1CCN(Cc2cc(C(C)(c3cc(CN4CCN(C)CC4)c(O)c(CN4CCN(C)CC4)c3)c3cc(CN4CCN(C)CC4)c(O)c(CN4CCN(C)CC4)c3)cc(CN3CCN(C)CC3)c2O)CC1. The van der Waals surface area contributed by atoms with Crippen molar-refractivity contribution in [3.8, 4) is 17.2 Å². The van der Waals surface area contributed by atoms with Crippen LogP contribution >= 0.6 is 0 Å². The van der Waals surface area contributed by atoms with Crippen LogP contribution in [0.25, 0.3) is 0 Å². The van der Waals surface area contributed by atoms with Gasteiger partial charge in [-0.25, -0.2) is 0 Å². The summed E-state index contributed by atoms with van der Waals surface area (Å²) in [6.07, 6.45) is 0. The predicted octanol–water partition coefficient (Wildman–Crippen LogP) is 2.64. The lowest BCUT2D eigenvalue weighted by molar-refractivity contribution is 0.144. The Labute approximate surface area is 427 Å². The third-order valence-electron chi connectivity index (χ3n) is 17.5. The lowest BCUT2D eigenvalue weighted by Gasteiger charge is -2.38. The van der Waals surface area contributed by atoms with Gasteiger partial charge >= 0.3 is 0 Å². The summed E-state index contributed by atoms with van der Waals surface area (Å²) in [6, 6.07) is 14.0. The first-order valence-electron chi connectivity index (χ1n) is 27.2.